The van der Waals surface area contributed by atoms with Crippen molar-refractivity contribution in [3.8, 4) is 0 Å². The maximum Gasteiger partial charge on any atom is 0.146 e. The molecule has 0 saturated heterocycles. The Bertz CT molecular complexity index is 564. The van der Waals surface area contributed by atoms with E-state index in [1.807, 2.05) is 11.6 Å². The zero-order chi connectivity index (χ0) is 12.5. The zero-order valence-electron chi connectivity index (χ0n) is 10.2. The summed E-state index contributed by atoms with van der Waals surface area (Å²) in [7, 11) is 1.97. The first-order valence-electron chi connectivity index (χ1n) is 6.08. The maximum absolute atomic E-state index is 4.09. The number of halogens is 1. The van der Waals surface area contributed by atoms with Gasteiger partial charge in [0.05, 0.1) is 6.54 Å². The number of aromatic nitrogens is 3. The van der Waals surface area contributed by atoms with Gasteiger partial charge in [-0.15, -0.1) is 10.2 Å². The minimum atomic E-state index is 0.425. The predicted molar refractivity (Wildman–Crippen MR) is 73.0 cm³/mol. The minimum absolute atomic E-state index is 0.425. The van der Waals surface area contributed by atoms with Gasteiger partial charge in [-0.05, 0) is 36.1 Å². The van der Waals surface area contributed by atoms with Gasteiger partial charge in [-0.2, -0.15) is 0 Å². The van der Waals surface area contributed by atoms with Crippen LogP contribution in [0.3, 0.4) is 0 Å². The third-order valence-electron chi connectivity index (χ3n) is 3.50. The summed E-state index contributed by atoms with van der Waals surface area (Å²) in [5.74, 6) is 0.971. The van der Waals surface area contributed by atoms with Crippen molar-refractivity contribution in [2.45, 2.75) is 25.4 Å². The molecular formula is C13H15BrN4. The van der Waals surface area contributed by atoms with Gasteiger partial charge in [-0.1, -0.05) is 22.0 Å². The molecule has 0 bridgehead atoms. The first-order valence-corrected chi connectivity index (χ1v) is 6.88. The van der Waals surface area contributed by atoms with Crippen molar-refractivity contribution in [1.82, 2.24) is 20.1 Å². The van der Waals surface area contributed by atoms with Crippen molar-refractivity contribution in [2.75, 3.05) is 0 Å². The molecule has 0 aliphatic heterocycles. The van der Waals surface area contributed by atoms with Crippen molar-refractivity contribution in [3.05, 3.63) is 46.0 Å². The summed E-state index contributed by atoms with van der Waals surface area (Å²) >= 11 is 3.54. The highest BCUT2D eigenvalue weighted by Crippen LogP contribution is 2.33. The lowest BCUT2D eigenvalue weighted by atomic mass is 10.1. The number of benzene rings is 1. The van der Waals surface area contributed by atoms with Crippen LogP contribution in [0.5, 0.6) is 0 Å². The molecule has 1 aromatic heterocycles. The number of nitrogens with zero attached hydrogens (tertiary/aromatic N) is 3. The Morgan fingerprint density at radius 1 is 1.50 bits per heavy atom. The summed E-state index contributed by atoms with van der Waals surface area (Å²) in [6, 6.07) is 6.97. The van der Waals surface area contributed by atoms with E-state index in [0.717, 1.165) is 29.7 Å². The third kappa shape index (κ3) is 2.20. The second-order valence-corrected chi connectivity index (χ2v) is 5.59. The van der Waals surface area contributed by atoms with Gasteiger partial charge < -0.3 is 9.88 Å². The van der Waals surface area contributed by atoms with Crippen molar-refractivity contribution in [3.63, 3.8) is 0 Å². The molecule has 1 N–H and O–H groups in total. The van der Waals surface area contributed by atoms with Crippen LogP contribution in [0.15, 0.2) is 29.0 Å². The summed E-state index contributed by atoms with van der Waals surface area (Å²) in [6.07, 6.45) is 4.04. The Morgan fingerprint density at radius 3 is 3.17 bits per heavy atom. The van der Waals surface area contributed by atoms with E-state index in [-0.39, 0.29) is 0 Å². The molecule has 1 aliphatic rings. The van der Waals surface area contributed by atoms with E-state index in [1.54, 1.807) is 6.33 Å². The maximum atomic E-state index is 4.09. The number of fused-ring (bicyclic) bond motifs is 1. The first kappa shape index (κ1) is 11.9. The van der Waals surface area contributed by atoms with Crippen LogP contribution >= 0.6 is 15.9 Å². The lowest BCUT2D eigenvalue weighted by molar-refractivity contribution is 0.511. The van der Waals surface area contributed by atoms with Crippen LogP contribution < -0.4 is 5.32 Å². The molecule has 94 valence electrons. The summed E-state index contributed by atoms with van der Waals surface area (Å²) in [6.45, 7) is 0.757. The predicted octanol–water partition coefficient (Wildman–Crippen LogP) is 2.35. The fourth-order valence-corrected chi connectivity index (χ4v) is 2.85. The Balaban J connectivity index is 1.73. The molecule has 1 heterocycles. The highest BCUT2D eigenvalue weighted by molar-refractivity contribution is 9.10. The van der Waals surface area contributed by atoms with Gasteiger partial charge >= 0.3 is 0 Å². The summed E-state index contributed by atoms with van der Waals surface area (Å²) in [4.78, 5) is 0. The molecule has 1 atom stereocenters. The average molecular weight is 307 g/mol. The third-order valence-corrected chi connectivity index (χ3v) is 3.99. The van der Waals surface area contributed by atoms with E-state index in [2.05, 4.69) is 49.6 Å². The van der Waals surface area contributed by atoms with E-state index in [4.69, 9.17) is 0 Å². The Morgan fingerprint density at radius 2 is 2.39 bits per heavy atom. The molecule has 18 heavy (non-hydrogen) atoms. The van der Waals surface area contributed by atoms with Gasteiger partial charge in [0.2, 0.25) is 0 Å². The van der Waals surface area contributed by atoms with Gasteiger partial charge in [0.25, 0.3) is 0 Å². The normalized spacial score (nSPS) is 18.0. The molecule has 0 saturated carbocycles. The fourth-order valence-electron chi connectivity index (χ4n) is 2.47. The SMILES string of the molecule is Cn1cnnc1CNC1CCc2ccc(Br)cc21. The van der Waals surface area contributed by atoms with Crippen LogP contribution in [-0.2, 0) is 20.0 Å². The van der Waals surface area contributed by atoms with Crippen LogP contribution in [-0.4, -0.2) is 14.8 Å². The minimum Gasteiger partial charge on any atom is -0.320 e. The van der Waals surface area contributed by atoms with Gasteiger partial charge in [0.15, 0.2) is 0 Å². The molecule has 0 radical (unpaired) electrons. The van der Waals surface area contributed by atoms with Crippen molar-refractivity contribution in [1.29, 1.82) is 0 Å². The second kappa shape index (κ2) is 4.82. The highest BCUT2D eigenvalue weighted by atomic mass is 79.9. The smallest absolute Gasteiger partial charge is 0.146 e. The van der Waals surface area contributed by atoms with Gasteiger partial charge in [0.1, 0.15) is 12.2 Å². The largest absolute Gasteiger partial charge is 0.320 e. The van der Waals surface area contributed by atoms with Crippen LogP contribution in [0, 0.1) is 0 Å². The Hall–Kier alpha value is -1.20. The summed E-state index contributed by atoms with van der Waals surface area (Å²) in [5.41, 5.74) is 2.86. The van der Waals surface area contributed by atoms with Crippen LogP contribution in [0.4, 0.5) is 0 Å². The molecular weight excluding hydrogens is 292 g/mol. The molecule has 0 amide bonds. The standard InChI is InChI=1S/C13H15BrN4/c1-18-8-16-17-13(18)7-15-12-5-3-9-2-4-10(14)6-11(9)12/h2,4,6,8,12,15H,3,5,7H2,1H3. The van der Waals surface area contributed by atoms with Crippen molar-refractivity contribution >= 4 is 15.9 Å². The molecule has 0 fully saturated rings. The van der Waals surface area contributed by atoms with Crippen LogP contribution in [0.2, 0.25) is 0 Å². The topological polar surface area (TPSA) is 42.7 Å². The van der Waals surface area contributed by atoms with E-state index in [9.17, 15) is 0 Å². The summed E-state index contributed by atoms with van der Waals surface area (Å²) < 4.78 is 3.10. The summed E-state index contributed by atoms with van der Waals surface area (Å²) in [5, 5.41) is 11.5. The van der Waals surface area contributed by atoms with Crippen molar-refractivity contribution < 1.29 is 0 Å². The number of rotatable bonds is 3. The van der Waals surface area contributed by atoms with E-state index in [0.29, 0.717) is 6.04 Å². The van der Waals surface area contributed by atoms with Gasteiger partial charge in [-0.25, -0.2) is 0 Å². The monoisotopic (exact) mass is 306 g/mol. The quantitative estimate of drug-likeness (QED) is 0.946. The van der Waals surface area contributed by atoms with E-state index < -0.39 is 0 Å². The van der Waals surface area contributed by atoms with Crippen molar-refractivity contribution in [2.24, 2.45) is 7.05 Å². The lowest BCUT2D eigenvalue weighted by Crippen LogP contribution is -2.20. The molecule has 5 heteroatoms. The average Bonchev–Trinajstić information content (AvgIpc) is 2.93. The van der Waals surface area contributed by atoms with Gasteiger partial charge in [0, 0.05) is 17.6 Å². The number of aryl methyl sites for hydroxylation is 2. The number of hydrogen-bond acceptors (Lipinski definition) is 3. The fraction of sp³-hybridized carbons (Fsp3) is 0.385. The Kier molecular flexibility index (Phi) is 3.18. The first-order chi connectivity index (χ1) is 8.74. The molecule has 1 aromatic carbocycles. The highest BCUT2D eigenvalue weighted by Gasteiger charge is 2.22. The Labute approximate surface area is 115 Å². The number of nitrogens with one attached hydrogen (secondary N) is 1. The molecule has 4 nitrogen and oxygen atoms in total. The molecule has 2 aromatic rings. The lowest BCUT2D eigenvalue weighted by Gasteiger charge is -2.13. The van der Waals surface area contributed by atoms with E-state index >= 15 is 0 Å². The van der Waals surface area contributed by atoms with E-state index in [1.165, 1.54) is 11.1 Å². The zero-order valence-corrected chi connectivity index (χ0v) is 11.8. The molecule has 1 unspecified atom stereocenters. The molecule has 0 spiro atoms. The molecule has 3 rings (SSSR count). The second-order valence-electron chi connectivity index (χ2n) is 4.67. The van der Waals surface area contributed by atoms with Crippen LogP contribution in [0.1, 0.15) is 29.4 Å². The van der Waals surface area contributed by atoms with Gasteiger partial charge in [-0.3, -0.25) is 0 Å². The van der Waals surface area contributed by atoms with Crippen LogP contribution in [0.25, 0.3) is 0 Å². The number of hydrogen-bond donors (Lipinski definition) is 1. The molecule has 1 aliphatic carbocycles.